The van der Waals surface area contributed by atoms with Gasteiger partial charge in [-0.15, -0.1) is 0 Å². The molecule has 1 amide bonds. The first-order chi connectivity index (χ1) is 10.6. The molecule has 0 radical (unpaired) electrons. The largest absolute Gasteiger partial charge is 0.486 e. The van der Waals surface area contributed by atoms with Crippen LogP contribution in [0.2, 0.25) is 0 Å². The van der Waals surface area contributed by atoms with Crippen LogP contribution in [0.3, 0.4) is 0 Å². The van der Waals surface area contributed by atoms with Gasteiger partial charge in [-0.05, 0) is 30.0 Å². The summed E-state index contributed by atoms with van der Waals surface area (Å²) in [4.78, 5) is 22.8. The number of benzene rings is 1. The summed E-state index contributed by atoms with van der Waals surface area (Å²) in [6.45, 7) is 2.84. The Kier molecular flexibility index (Phi) is 3.92. The number of carbonyl (C=O) groups is 2. The fourth-order valence-electron chi connectivity index (χ4n) is 2.62. The summed E-state index contributed by atoms with van der Waals surface area (Å²) in [5.74, 6) is 0.0173. The lowest BCUT2D eigenvalue weighted by Crippen LogP contribution is -2.32. The van der Waals surface area contributed by atoms with Crippen LogP contribution >= 0.6 is 0 Å². The Hall–Kier alpha value is -2.24. The molecule has 2 N–H and O–H groups in total. The fraction of sp³-hybridized carbons (Fsp3) is 0.500. The van der Waals surface area contributed by atoms with E-state index in [-0.39, 0.29) is 24.3 Å². The topological polar surface area (TPSA) is 84.9 Å². The number of rotatable bonds is 5. The zero-order valence-corrected chi connectivity index (χ0v) is 12.4. The van der Waals surface area contributed by atoms with Gasteiger partial charge in [-0.1, -0.05) is 13.0 Å². The van der Waals surface area contributed by atoms with Gasteiger partial charge in [0.25, 0.3) is 0 Å². The first-order valence-corrected chi connectivity index (χ1v) is 7.46. The van der Waals surface area contributed by atoms with Crippen LogP contribution < -0.4 is 14.8 Å². The van der Waals surface area contributed by atoms with Crippen LogP contribution in [0.4, 0.5) is 0 Å². The van der Waals surface area contributed by atoms with E-state index in [9.17, 15) is 9.59 Å². The van der Waals surface area contributed by atoms with Gasteiger partial charge in [-0.3, -0.25) is 9.59 Å². The zero-order chi connectivity index (χ0) is 15.7. The molecule has 2 aliphatic rings. The molecular weight excluding hydrogens is 286 g/mol. The zero-order valence-electron chi connectivity index (χ0n) is 12.4. The number of carbonyl (C=O) groups excluding carboxylic acids is 1. The van der Waals surface area contributed by atoms with Gasteiger partial charge in [0, 0.05) is 12.5 Å². The number of amides is 1. The predicted octanol–water partition coefficient (Wildman–Crippen LogP) is 1.40. The number of ether oxygens (including phenoxy) is 2. The number of carboxylic acids is 1. The van der Waals surface area contributed by atoms with E-state index in [0.29, 0.717) is 13.2 Å². The lowest BCUT2D eigenvalue weighted by Gasteiger charge is -2.18. The molecule has 0 saturated heterocycles. The maximum absolute atomic E-state index is 12.0. The van der Waals surface area contributed by atoms with Crippen molar-refractivity contribution in [2.45, 2.75) is 19.3 Å². The molecule has 1 saturated carbocycles. The summed E-state index contributed by atoms with van der Waals surface area (Å²) in [6, 6.07) is 5.78. The van der Waals surface area contributed by atoms with Crippen molar-refractivity contribution in [2.24, 2.45) is 11.8 Å². The van der Waals surface area contributed by atoms with E-state index >= 15 is 0 Å². The minimum atomic E-state index is -0.903. The number of nitrogens with one attached hydrogen (secondary N) is 1. The molecule has 1 aliphatic heterocycles. The summed E-state index contributed by atoms with van der Waals surface area (Å²) in [7, 11) is 0. The van der Waals surface area contributed by atoms with E-state index in [1.54, 1.807) is 6.92 Å². The Bertz CT molecular complexity index is 600. The average molecular weight is 305 g/mol. The summed E-state index contributed by atoms with van der Waals surface area (Å²) in [5, 5.41) is 11.5. The summed E-state index contributed by atoms with van der Waals surface area (Å²) in [6.07, 6.45) is 0.785. The summed E-state index contributed by atoms with van der Waals surface area (Å²) in [5.41, 5.74) is 1.07. The summed E-state index contributed by atoms with van der Waals surface area (Å²) < 4.78 is 11.0. The Morgan fingerprint density at radius 3 is 2.77 bits per heavy atom. The van der Waals surface area contributed by atoms with Gasteiger partial charge in [0.2, 0.25) is 5.91 Å². The third-order valence-electron chi connectivity index (χ3n) is 4.13. The molecule has 1 fully saturated rings. The standard InChI is InChI=1S/C16H19NO5/c1-9(16(19)20)8-17-15(18)12-7-11(12)10-2-3-13-14(6-10)22-5-4-21-13/h2-3,6,9,11-12H,4-5,7-8H2,1H3,(H,17,18)(H,19,20). The number of hydrogen-bond donors (Lipinski definition) is 2. The molecule has 0 bridgehead atoms. The van der Waals surface area contributed by atoms with Crippen molar-refractivity contribution >= 4 is 11.9 Å². The van der Waals surface area contributed by atoms with Crippen LogP contribution in [0.5, 0.6) is 11.5 Å². The van der Waals surface area contributed by atoms with Gasteiger partial charge in [-0.25, -0.2) is 0 Å². The molecule has 22 heavy (non-hydrogen) atoms. The highest BCUT2D eigenvalue weighted by atomic mass is 16.6. The van der Waals surface area contributed by atoms with Crippen LogP contribution in [0.25, 0.3) is 0 Å². The van der Waals surface area contributed by atoms with Gasteiger partial charge in [-0.2, -0.15) is 0 Å². The van der Waals surface area contributed by atoms with E-state index in [0.717, 1.165) is 23.5 Å². The lowest BCUT2D eigenvalue weighted by atomic mass is 10.1. The fourth-order valence-corrected chi connectivity index (χ4v) is 2.62. The van der Waals surface area contributed by atoms with Crippen molar-refractivity contribution in [1.82, 2.24) is 5.32 Å². The van der Waals surface area contributed by atoms with Crippen molar-refractivity contribution in [3.05, 3.63) is 23.8 Å². The van der Waals surface area contributed by atoms with E-state index in [4.69, 9.17) is 14.6 Å². The monoisotopic (exact) mass is 305 g/mol. The molecule has 6 heteroatoms. The second-order valence-electron chi connectivity index (χ2n) is 5.84. The van der Waals surface area contributed by atoms with Crippen molar-refractivity contribution < 1.29 is 24.2 Å². The molecule has 1 aromatic rings. The normalized spacial score (nSPS) is 23.5. The maximum Gasteiger partial charge on any atom is 0.308 e. The van der Waals surface area contributed by atoms with Crippen molar-refractivity contribution in [1.29, 1.82) is 0 Å². The Balaban J connectivity index is 1.57. The van der Waals surface area contributed by atoms with Gasteiger partial charge >= 0.3 is 5.97 Å². The molecule has 1 aliphatic carbocycles. The van der Waals surface area contributed by atoms with Gasteiger partial charge in [0.15, 0.2) is 11.5 Å². The van der Waals surface area contributed by atoms with E-state index in [1.165, 1.54) is 0 Å². The lowest BCUT2D eigenvalue weighted by molar-refractivity contribution is -0.141. The Labute approximate surface area is 128 Å². The molecule has 0 spiro atoms. The number of fused-ring (bicyclic) bond motifs is 1. The molecule has 3 rings (SSSR count). The molecule has 1 aromatic carbocycles. The van der Waals surface area contributed by atoms with E-state index in [1.807, 2.05) is 18.2 Å². The van der Waals surface area contributed by atoms with Crippen LogP contribution in [0.1, 0.15) is 24.8 Å². The smallest absolute Gasteiger partial charge is 0.308 e. The van der Waals surface area contributed by atoms with Crippen molar-refractivity contribution in [3.8, 4) is 11.5 Å². The van der Waals surface area contributed by atoms with Gasteiger partial charge in [0.1, 0.15) is 13.2 Å². The number of aliphatic carboxylic acids is 1. The second kappa shape index (κ2) is 5.87. The van der Waals surface area contributed by atoms with Crippen LogP contribution in [0.15, 0.2) is 18.2 Å². The molecule has 6 nitrogen and oxygen atoms in total. The highest BCUT2D eigenvalue weighted by Gasteiger charge is 2.44. The molecule has 3 unspecified atom stereocenters. The van der Waals surface area contributed by atoms with Gasteiger partial charge in [0.05, 0.1) is 5.92 Å². The Morgan fingerprint density at radius 2 is 2.05 bits per heavy atom. The number of hydrogen-bond acceptors (Lipinski definition) is 4. The second-order valence-corrected chi connectivity index (χ2v) is 5.84. The third-order valence-corrected chi connectivity index (χ3v) is 4.13. The van der Waals surface area contributed by atoms with E-state index in [2.05, 4.69) is 5.32 Å². The minimum absolute atomic E-state index is 0.0759. The first kappa shape index (κ1) is 14.7. The van der Waals surface area contributed by atoms with E-state index < -0.39 is 11.9 Å². The molecule has 1 heterocycles. The highest BCUT2D eigenvalue weighted by Crippen LogP contribution is 2.49. The third kappa shape index (κ3) is 3.00. The SMILES string of the molecule is CC(CNC(=O)C1CC1c1ccc2c(c1)OCCO2)C(=O)O. The molecular formula is C16H19NO5. The highest BCUT2D eigenvalue weighted by molar-refractivity contribution is 5.83. The summed E-state index contributed by atoms with van der Waals surface area (Å²) >= 11 is 0. The minimum Gasteiger partial charge on any atom is -0.486 e. The van der Waals surface area contributed by atoms with Crippen LogP contribution in [-0.4, -0.2) is 36.7 Å². The van der Waals surface area contributed by atoms with Gasteiger partial charge < -0.3 is 19.9 Å². The maximum atomic E-state index is 12.0. The first-order valence-electron chi connectivity index (χ1n) is 7.46. The molecule has 0 aromatic heterocycles. The predicted molar refractivity (Wildman–Crippen MR) is 78.1 cm³/mol. The molecule has 3 atom stereocenters. The quantitative estimate of drug-likeness (QED) is 0.859. The van der Waals surface area contributed by atoms with Crippen LogP contribution in [-0.2, 0) is 9.59 Å². The van der Waals surface area contributed by atoms with Crippen LogP contribution in [0, 0.1) is 11.8 Å². The van der Waals surface area contributed by atoms with Crippen molar-refractivity contribution in [3.63, 3.8) is 0 Å². The Morgan fingerprint density at radius 1 is 1.32 bits per heavy atom. The van der Waals surface area contributed by atoms with Crippen molar-refractivity contribution in [2.75, 3.05) is 19.8 Å². The average Bonchev–Trinajstić information content (AvgIpc) is 3.32. The molecule has 118 valence electrons. The number of carboxylic acid groups (broad SMARTS) is 1.